The number of nitro groups is 1. The second-order valence-corrected chi connectivity index (χ2v) is 3.59. The maximum absolute atomic E-state index is 10.7. The molecular weight excluding hydrogens is 228 g/mol. The fourth-order valence-corrected chi connectivity index (χ4v) is 1.43. The summed E-state index contributed by atoms with van der Waals surface area (Å²) in [5.41, 5.74) is 5.33. The Morgan fingerprint density at radius 2 is 2.06 bits per heavy atom. The van der Waals surface area contributed by atoms with E-state index in [1.165, 1.54) is 25.1 Å². The zero-order valence-electron chi connectivity index (χ0n) is 9.03. The van der Waals surface area contributed by atoms with Gasteiger partial charge in [0.2, 0.25) is 5.91 Å². The van der Waals surface area contributed by atoms with E-state index in [0.29, 0.717) is 5.56 Å². The summed E-state index contributed by atoms with van der Waals surface area (Å²) in [5.74, 6) is -1.06. The number of aliphatic hydroxyl groups is 2. The Balaban J connectivity index is 3.08. The highest BCUT2D eigenvalue weighted by Crippen LogP contribution is 2.24. The van der Waals surface area contributed by atoms with E-state index in [9.17, 15) is 25.1 Å². The van der Waals surface area contributed by atoms with Gasteiger partial charge in [-0.1, -0.05) is 0 Å². The van der Waals surface area contributed by atoms with Gasteiger partial charge >= 0.3 is 0 Å². The SMILES string of the molecule is Cc1cc([N+](=O)[O-])ccc1C(O)C(O)C(N)=O. The van der Waals surface area contributed by atoms with Crippen LogP contribution in [-0.2, 0) is 4.79 Å². The normalized spacial score (nSPS) is 14.1. The quantitative estimate of drug-likeness (QED) is 0.495. The molecule has 0 aliphatic carbocycles. The minimum atomic E-state index is -1.74. The van der Waals surface area contributed by atoms with Gasteiger partial charge in [0, 0.05) is 12.1 Å². The van der Waals surface area contributed by atoms with Crippen LogP contribution in [0.3, 0.4) is 0 Å². The molecule has 0 saturated carbocycles. The topological polar surface area (TPSA) is 127 Å². The maximum atomic E-state index is 10.7. The summed E-state index contributed by atoms with van der Waals surface area (Å²) in [5, 5.41) is 29.4. The van der Waals surface area contributed by atoms with Crippen LogP contribution >= 0.6 is 0 Å². The molecule has 1 aromatic carbocycles. The molecule has 1 rings (SSSR count). The first-order valence-corrected chi connectivity index (χ1v) is 4.75. The number of aryl methyl sites for hydroxylation is 1. The van der Waals surface area contributed by atoms with Gasteiger partial charge in [-0.25, -0.2) is 0 Å². The number of rotatable bonds is 4. The first-order chi connectivity index (χ1) is 7.84. The number of benzene rings is 1. The van der Waals surface area contributed by atoms with E-state index >= 15 is 0 Å². The molecule has 0 aromatic heterocycles. The standard InChI is InChI=1S/C10H12N2O5/c1-5-4-6(12(16)17)2-3-7(5)8(13)9(14)10(11)15/h2-4,8-9,13-14H,1H3,(H2,11,15). The number of carbonyl (C=O) groups excluding carboxylic acids is 1. The minimum absolute atomic E-state index is 0.132. The Kier molecular flexibility index (Phi) is 3.77. The van der Waals surface area contributed by atoms with Crippen molar-refractivity contribution in [2.45, 2.75) is 19.1 Å². The Morgan fingerprint density at radius 3 is 2.47 bits per heavy atom. The van der Waals surface area contributed by atoms with E-state index in [2.05, 4.69) is 0 Å². The molecule has 7 heteroatoms. The number of nitrogens with two attached hydrogens (primary N) is 1. The number of aliphatic hydroxyl groups excluding tert-OH is 2. The average Bonchev–Trinajstić information content (AvgIpc) is 2.26. The van der Waals surface area contributed by atoms with Gasteiger partial charge < -0.3 is 15.9 Å². The summed E-state index contributed by atoms with van der Waals surface area (Å²) in [7, 11) is 0. The average molecular weight is 240 g/mol. The molecule has 7 nitrogen and oxygen atoms in total. The Hall–Kier alpha value is -1.99. The third-order valence-electron chi connectivity index (χ3n) is 2.37. The molecule has 2 atom stereocenters. The van der Waals surface area contributed by atoms with Gasteiger partial charge in [0.15, 0.2) is 6.10 Å². The van der Waals surface area contributed by atoms with Gasteiger partial charge in [0.05, 0.1) is 4.92 Å². The van der Waals surface area contributed by atoms with Crippen LogP contribution in [0.15, 0.2) is 18.2 Å². The number of hydrogen-bond donors (Lipinski definition) is 3. The highest BCUT2D eigenvalue weighted by Gasteiger charge is 2.25. The number of nitrogens with zero attached hydrogens (tertiary/aromatic N) is 1. The van der Waals surface area contributed by atoms with Crippen LogP contribution in [0.1, 0.15) is 17.2 Å². The molecular formula is C10H12N2O5. The molecule has 0 saturated heterocycles. The van der Waals surface area contributed by atoms with Crippen molar-refractivity contribution in [3.05, 3.63) is 39.4 Å². The van der Waals surface area contributed by atoms with Crippen LogP contribution in [0, 0.1) is 17.0 Å². The van der Waals surface area contributed by atoms with Crippen molar-refractivity contribution in [2.24, 2.45) is 5.73 Å². The maximum Gasteiger partial charge on any atom is 0.269 e. The summed E-state index contributed by atoms with van der Waals surface area (Å²) < 4.78 is 0. The number of non-ortho nitro benzene ring substituents is 1. The summed E-state index contributed by atoms with van der Waals surface area (Å²) in [6, 6.07) is 3.70. The second kappa shape index (κ2) is 4.89. The van der Waals surface area contributed by atoms with Gasteiger partial charge in [-0.2, -0.15) is 0 Å². The second-order valence-electron chi connectivity index (χ2n) is 3.59. The first kappa shape index (κ1) is 13.1. The van der Waals surface area contributed by atoms with Gasteiger partial charge in [0.1, 0.15) is 6.10 Å². The molecule has 1 aromatic rings. The largest absolute Gasteiger partial charge is 0.385 e. The van der Waals surface area contributed by atoms with Crippen LogP contribution in [0.25, 0.3) is 0 Å². The van der Waals surface area contributed by atoms with Crippen molar-refractivity contribution in [3.63, 3.8) is 0 Å². The van der Waals surface area contributed by atoms with Crippen molar-refractivity contribution in [1.29, 1.82) is 0 Å². The molecule has 0 aliphatic rings. The van der Waals surface area contributed by atoms with E-state index in [1.807, 2.05) is 0 Å². The molecule has 0 heterocycles. The Bertz CT molecular complexity index is 460. The summed E-state index contributed by atoms with van der Waals surface area (Å²) >= 11 is 0. The summed E-state index contributed by atoms with van der Waals surface area (Å²) in [6.45, 7) is 1.53. The third kappa shape index (κ3) is 2.77. The Labute approximate surface area is 96.6 Å². The predicted octanol–water partition coefficient (Wildman–Crippen LogP) is -0.217. The third-order valence-corrected chi connectivity index (χ3v) is 2.37. The molecule has 1 amide bonds. The molecule has 0 fully saturated rings. The van der Waals surface area contributed by atoms with Gasteiger partial charge in [-0.3, -0.25) is 14.9 Å². The van der Waals surface area contributed by atoms with Crippen molar-refractivity contribution in [2.75, 3.05) is 0 Å². The lowest BCUT2D eigenvalue weighted by Crippen LogP contribution is -2.34. The lowest BCUT2D eigenvalue weighted by Gasteiger charge is -2.16. The van der Waals surface area contributed by atoms with E-state index in [-0.39, 0.29) is 11.3 Å². The highest BCUT2D eigenvalue weighted by atomic mass is 16.6. The summed E-state index contributed by atoms with van der Waals surface area (Å²) in [4.78, 5) is 20.6. The summed E-state index contributed by atoms with van der Waals surface area (Å²) in [6.07, 6.45) is -3.23. The molecule has 17 heavy (non-hydrogen) atoms. The van der Waals surface area contributed by atoms with Crippen LogP contribution in [0.2, 0.25) is 0 Å². The van der Waals surface area contributed by atoms with E-state index in [4.69, 9.17) is 5.73 Å². The number of nitro benzene ring substituents is 1. The first-order valence-electron chi connectivity index (χ1n) is 4.75. The van der Waals surface area contributed by atoms with Gasteiger partial charge in [-0.05, 0) is 24.1 Å². The lowest BCUT2D eigenvalue weighted by molar-refractivity contribution is -0.384. The highest BCUT2D eigenvalue weighted by molar-refractivity contribution is 5.79. The smallest absolute Gasteiger partial charge is 0.269 e. The zero-order valence-corrected chi connectivity index (χ0v) is 9.03. The fraction of sp³-hybridized carbons (Fsp3) is 0.300. The molecule has 0 bridgehead atoms. The Morgan fingerprint density at radius 1 is 1.47 bits per heavy atom. The fourth-order valence-electron chi connectivity index (χ4n) is 1.43. The van der Waals surface area contributed by atoms with Crippen molar-refractivity contribution in [1.82, 2.24) is 0 Å². The number of hydrogen-bond acceptors (Lipinski definition) is 5. The van der Waals surface area contributed by atoms with Crippen molar-refractivity contribution < 1.29 is 19.9 Å². The molecule has 0 aliphatic heterocycles. The van der Waals surface area contributed by atoms with Gasteiger partial charge in [0.25, 0.3) is 5.69 Å². The van der Waals surface area contributed by atoms with E-state index < -0.39 is 23.0 Å². The minimum Gasteiger partial charge on any atom is -0.385 e. The van der Waals surface area contributed by atoms with Gasteiger partial charge in [-0.15, -0.1) is 0 Å². The predicted molar refractivity (Wildman–Crippen MR) is 58.0 cm³/mol. The molecule has 2 unspecified atom stereocenters. The molecule has 0 radical (unpaired) electrons. The van der Waals surface area contributed by atoms with Crippen molar-refractivity contribution in [3.8, 4) is 0 Å². The molecule has 0 spiro atoms. The molecule has 4 N–H and O–H groups in total. The van der Waals surface area contributed by atoms with Crippen LogP contribution in [-0.4, -0.2) is 27.1 Å². The lowest BCUT2D eigenvalue weighted by atomic mass is 9.98. The van der Waals surface area contributed by atoms with Crippen LogP contribution in [0.4, 0.5) is 5.69 Å². The van der Waals surface area contributed by atoms with Crippen molar-refractivity contribution >= 4 is 11.6 Å². The monoisotopic (exact) mass is 240 g/mol. The van der Waals surface area contributed by atoms with E-state index in [0.717, 1.165) is 0 Å². The number of amides is 1. The molecule has 92 valence electrons. The number of carbonyl (C=O) groups is 1. The van der Waals surface area contributed by atoms with Crippen LogP contribution < -0.4 is 5.73 Å². The van der Waals surface area contributed by atoms with E-state index in [1.54, 1.807) is 0 Å². The van der Waals surface area contributed by atoms with Crippen LogP contribution in [0.5, 0.6) is 0 Å². The number of primary amides is 1. The zero-order chi connectivity index (χ0) is 13.2.